The average molecular weight is 423 g/mol. The zero-order chi connectivity index (χ0) is 20.1. The molecule has 1 unspecified atom stereocenters. The number of para-hydroxylation sites is 1. The summed E-state index contributed by atoms with van der Waals surface area (Å²) in [6, 6.07) is 12.6. The van der Waals surface area contributed by atoms with Gasteiger partial charge < -0.3 is 16.2 Å². The van der Waals surface area contributed by atoms with Gasteiger partial charge in [0.2, 0.25) is 5.91 Å². The molecule has 0 spiro atoms. The number of piperazine rings is 1. The number of aliphatic hydroxyl groups excluding tert-OH is 1. The minimum Gasteiger partial charge on any atom is -0.374 e. The van der Waals surface area contributed by atoms with Crippen molar-refractivity contribution in [1.29, 1.82) is 0 Å². The van der Waals surface area contributed by atoms with Crippen LogP contribution in [0.3, 0.4) is 0 Å². The van der Waals surface area contributed by atoms with Crippen LogP contribution in [0.15, 0.2) is 42.5 Å². The van der Waals surface area contributed by atoms with Crippen molar-refractivity contribution < 1.29 is 9.90 Å². The van der Waals surface area contributed by atoms with E-state index in [0.29, 0.717) is 27.8 Å². The first kappa shape index (κ1) is 21.0. The number of nitrogens with two attached hydrogens (primary N) is 1. The van der Waals surface area contributed by atoms with Gasteiger partial charge in [0.1, 0.15) is 6.23 Å². The van der Waals surface area contributed by atoms with E-state index >= 15 is 0 Å². The van der Waals surface area contributed by atoms with Crippen LogP contribution < -0.4 is 11.1 Å². The molecule has 1 heterocycles. The number of halogens is 2. The van der Waals surface area contributed by atoms with Gasteiger partial charge in [0, 0.05) is 54.0 Å². The minimum absolute atomic E-state index is 0.123. The lowest BCUT2D eigenvalue weighted by Gasteiger charge is -2.34. The molecule has 0 aliphatic carbocycles. The number of amides is 1. The summed E-state index contributed by atoms with van der Waals surface area (Å²) in [5.74, 6) is -0.123. The predicted molar refractivity (Wildman–Crippen MR) is 112 cm³/mol. The highest BCUT2D eigenvalue weighted by Gasteiger charge is 2.20. The Morgan fingerprint density at radius 3 is 2.46 bits per heavy atom. The first-order valence-corrected chi connectivity index (χ1v) is 9.89. The lowest BCUT2D eigenvalue weighted by atomic mass is 10.1. The maximum Gasteiger partial charge on any atom is 0.238 e. The van der Waals surface area contributed by atoms with Crippen LogP contribution >= 0.6 is 23.2 Å². The minimum atomic E-state index is -1.13. The van der Waals surface area contributed by atoms with Crippen molar-refractivity contribution in [1.82, 2.24) is 9.80 Å². The second-order valence-electron chi connectivity index (χ2n) is 6.87. The standard InChI is InChI=1S/C20H24Cl2N4O2/c21-15-6-5-14(17(22)11-15)12-25-7-9-26(10-8-25)13-19(27)24-18-4-2-1-3-16(18)20(23)28/h1-6,11,20,28H,7-10,12-13,23H2,(H,24,27). The predicted octanol–water partition coefficient (Wildman–Crippen LogP) is 2.70. The molecule has 2 aromatic carbocycles. The Labute approximate surface area is 174 Å². The molecule has 8 heteroatoms. The summed E-state index contributed by atoms with van der Waals surface area (Å²) >= 11 is 12.2. The van der Waals surface area contributed by atoms with Crippen LogP contribution in [0.25, 0.3) is 0 Å². The first-order valence-electron chi connectivity index (χ1n) is 9.13. The number of carbonyl (C=O) groups excluding carboxylic acids is 1. The Morgan fingerprint density at radius 1 is 1.11 bits per heavy atom. The van der Waals surface area contributed by atoms with E-state index in [-0.39, 0.29) is 5.91 Å². The molecule has 28 heavy (non-hydrogen) atoms. The molecular formula is C20H24Cl2N4O2. The Bertz CT molecular complexity index is 824. The van der Waals surface area contributed by atoms with E-state index in [1.165, 1.54) is 0 Å². The van der Waals surface area contributed by atoms with Crippen LogP contribution in [0.2, 0.25) is 10.0 Å². The van der Waals surface area contributed by atoms with Crippen LogP contribution in [-0.4, -0.2) is 53.5 Å². The van der Waals surface area contributed by atoms with Crippen molar-refractivity contribution in [2.45, 2.75) is 12.8 Å². The molecule has 1 saturated heterocycles. The van der Waals surface area contributed by atoms with Gasteiger partial charge >= 0.3 is 0 Å². The van der Waals surface area contributed by atoms with Crippen molar-refractivity contribution in [2.24, 2.45) is 5.73 Å². The molecule has 3 rings (SSSR count). The maximum absolute atomic E-state index is 12.4. The Hall–Kier alpha value is -1.67. The molecule has 1 fully saturated rings. The van der Waals surface area contributed by atoms with Crippen LogP contribution in [0.5, 0.6) is 0 Å². The van der Waals surface area contributed by atoms with Gasteiger partial charge in [-0.1, -0.05) is 47.5 Å². The van der Waals surface area contributed by atoms with Gasteiger partial charge in [0.15, 0.2) is 0 Å². The van der Waals surface area contributed by atoms with Crippen LogP contribution in [-0.2, 0) is 11.3 Å². The van der Waals surface area contributed by atoms with Gasteiger partial charge in [-0.25, -0.2) is 0 Å². The molecule has 1 aliphatic rings. The normalized spacial score (nSPS) is 16.7. The van der Waals surface area contributed by atoms with Gasteiger partial charge in [-0.2, -0.15) is 0 Å². The quantitative estimate of drug-likeness (QED) is 0.623. The topological polar surface area (TPSA) is 81.8 Å². The third-order valence-electron chi connectivity index (χ3n) is 4.79. The summed E-state index contributed by atoms with van der Waals surface area (Å²) < 4.78 is 0. The lowest BCUT2D eigenvalue weighted by Crippen LogP contribution is -2.48. The molecule has 1 atom stereocenters. The van der Waals surface area contributed by atoms with E-state index in [2.05, 4.69) is 15.1 Å². The molecule has 1 amide bonds. The van der Waals surface area contributed by atoms with E-state index in [1.54, 1.807) is 30.3 Å². The van der Waals surface area contributed by atoms with Crippen LogP contribution in [0, 0.1) is 0 Å². The largest absolute Gasteiger partial charge is 0.374 e. The number of anilines is 1. The monoisotopic (exact) mass is 422 g/mol. The summed E-state index contributed by atoms with van der Waals surface area (Å²) in [6.07, 6.45) is -1.13. The summed E-state index contributed by atoms with van der Waals surface area (Å²) in [5.41, 5.74) is 7.63. The summed E-state index contributed by atoms with van der Waals surface area (Å²) in [4.78, 5) is 16.8. The number of nitrogens with zero attached hydrogens (tertiary/aromatic N) is 2. The zero-order valence-corrected chi connectivity index (χ0v) is 17.0. The third kappa shape index (κ3) is 5.67. The van der Waals surface area contributed by atoms with Gasteiger partial charge in [-0.15, -0.1) is 0 Å². The van der Waals surface area contributed by atoms with Crippen LogP contribution in [0.4, 0.5) is 5.69 Å². The smallest absolute Gasteiger partial charge is 0.238 e. The van der Waals surface area contributed by atoms with E-state index in [1.807, 2.05) is 12.1 Å². The SMILES string of the molecule is NC(O)c1ccccc1NC(=O)CN1CCN(Cc2ccc(Cl)cc2Cl)CC1. The molecule has 1 aliphatic heterocycles. The van der Waals surface area contributed by atoms with Gasteiger partial charge in [-0.3, -0.25) is 14.6 Å². The molecule has 0 radical (unpaired) electrons. The Balaban J connectivity index is 1.48. The number of carbonyl (C=O) groups is 1. The molecule has 2 aromatic rings. The van der Waals surface area contributed by atoms with E-state index < -0.39 is 6.23 Å². The lowest BCUT2D eigenvalue weighted by molar-refractivity contribution is -0.117. The second kappa shape index (κ2) is 9.69. The van der Waals surface area contributed by atoms with Crippen molar-refractivity contribution in [3.05, 3.63) is 63.6 Å². The Morgan fingerprint density at radius 2 is 1.79 bits per heavy atom. The number of nitrogens with one attached hydrogen (secondary N) is 1. The highest BCUT2D eigenvalue weighted by Crippen LogP contribution is 2.23. The van der Waals surface area contributed by atoms with E-state index in [9.17, 15) is 9.90 Å². The number of rotatable bonds is 6. The Kier molecular flexibility index (Phi) is 7.29. The highest BCUT2D eigenvalue weighted by atomic mass is 35.5. The van der Waals surface area contributed by atoms with Gasteiger partial charge in [0.25, 0.3) is 0 Å². The van der Waals surface area contributed by atoms with Gasteiger partial charge in [-0.05, 0) is 23.8 Å². The molecule has 4 N–H and O–H groups in total. The fourth-order valence-electron chi connectivity index (χ4n) is 3.26. The first-order chi connectivity index (χ1) is 13.4. The van der Waals surface area contributed by atoms with Gasteiger partial charge in [0.05, 0.1) is 6.54 Å². The van der Waals surface area contributed by atoms with Crippen molar-refractivity contribution in [3.63, 3.8) is 0 Å². The summed E-state index contributed by atoms with van der Waals surface area (Å²) in [5, 5.41) is 13.8. The number of aliphatic hydroxyl groups is 1. The van der Waals surface area contributed by atoms with Crippen molar-refractivity contribution in [3.8, 4) is 0 Å². The molecule has 0 bridgehead atoms. The second-order valence-corrected chi connectivity index (χ2v) is 7.71. The van der Waals surface area contributed by atoms with E-state index in [0.717, 1.165) is 38.3 Å². The van der Waals surface area contributed by atoms with Crippen molar-refractivity contribution in [2.75, 3.05) is 38.0 Å². The number of hydrogen-bond donors (Lipinski definition) is 3. The van der Waals surface area contributed by atoms with Crippen molar-refractivity contribution >= 4 is 34.8 Å². The molecule has 6 nitrogen and oxygen atoms in total. The number of hydrogen-bond acceptors (Lipinski definition) is 5. The molecule has 150 valence electrons. The number of benzene rings is 2. The molecule has 0 aromatic heterocycles. The fourth-order valence-corrected chi connectivity index (χ4v) is 3.73. The zero-order valence-electron chi connectivity index (χ0n) is 15.4. The third-order valence-corrected chi connectivity index (χ3v) is 5.38. The fraction of sp³-hybridized carbons (Fsp3) is 0.350. The molecule has 0 saturated carbocycles. The van der Waals surface area contributed by atoms with Crippen LogP contribution in [0.1, 0.15) is 17.4 Å². The average Bonchev–Trinajstić information content (AvgIpc) is 2.65. The molecular weight excluding hydrogens is 399 g/mol. The van der Waals surface area contributed by atoms with E-state index in [4.69, 9.17) is 28.9 Å². The maximum atomic E-state index is 12.4. The summed E-state index contributed by atoms with van der Waals surface area (Å²) in [6.45, 7) is 4.34. The summed E-state index contributed by atoms with van der Waals surface area (Å²) in [7, 11) is 0. The highest BCUT2D eigenvalue weighted by molar-refractivity contribution is 6.35.